The Labute approximate surface area is 209 Å². The van der Waals surface area contributed by atoms with Gasteiger partial charge in [0.05, 0.1) is 22.2 Å². The lowest BCUT2D eigenvalue weighted by Crippen LogP contribution is -2.23. The second-order valence-electron chi connectivity index (χ2n) is 8.52. The summed E-state index contributed by atoms with van der Waals surface area (Å²) in [5, 5.41) is 5.51. The Morgan fingerprint density at radius 3 is 2.91 bits per heavy atom. The number of nitrogens with one attached hydrogen (secondary N) is 2. The van der Waals surface area contributed by atoms with Crippen LogP contribution >= 0.6 is 23.2 Å². The summed E-state index contributed by atoms with van der Waals surface area (Å²) in [7, 11) is 0. The molecule has 8 heteroatoms. The average Bonchev–Trinajstić information content (AvgIpc) is 3.44. The minimum Gasteiger partial charge on any atom is -0.364 e. The molecular weight excluding hydrogens is 488 g/mol. The maximum Gasteiger partial charge on any atom is 0.251 e. The van der Waals surface area contributed by atoms with Crippen LogP contribution in [0, 0.1) is 5.82 Å². The molecule has 2 N–H and O–H groups in total. The summed E-state index contributed by atoms with van der Waals surface area (Å²) >= 11 is 12.3. The quantitative estimate of drug-likeness (QED) is 0.285. The van der Waals surface area contributed by atoms with Crippen LogP contribution in [0.5, 0.6) is 0 Å². The van der Waals surface area contributed by atoms with E-state index in [-0.39, 0.29) is 18.6 Å². The van der Waals surface area contributed by atoms with Crippen LogP contribution in [-0.4, -0.2) is 15.9 Å². The number of halogens is 3. The molecular formula is C27H18Cl2FN3O2. The molecule has 5 aromatic rings. The van der Waals surface area contributed by atoms with Crippen LogP contribution in [0.15, 0.2) is 67.0 Å². The van der Waals surface area contributed by atoms with Crippen LogP contribution in [0.25, 0.3) is 21.8 Å². The van der Waals surface area contributed by atoms with E-state index in [2.05, 4.69) is 15.3 Å². The maximum atomic E-state index is 14.5. The van der Waals surface area contributed by atoms with Gasteiger partial charge in [-0.3, -0.25) is 9.78 Å². The number of H-pyrrole nitrogens is 1. The third kappa shape index (κ3) is 4.04. The number of hydrogen-bond acceptors (Lipinski definition) is 3. The standard InChI is InChI=1S/C27H18Cl2FN3O2/c28-19-6-17-5-14(3-4-24(17)31-11-19)26-20-7-15(1-2-16(20)13-35-26)27(34)33-10-18-8-21-22(29)12-32-25(21)9-23(18)30/h1-9,11-12,26,32H,10,13H2,(H,33,34). The van der Waals surface area contributed by atoms with Gasteiger partial charge < -0.3 is 15.0 Å². The van der Waals surface area contributed by atoms with E-state index in [0.29, 0.717) is 38.7 Å². The van der Waals surface area contributed by atoms with Crippen LogP contribution in [0.1, 0.15) is 38.7 Å². The smallest absolute Gasteiger partial charge is 0.251 e. The average molecular weight is 506 g/mol. The van der Waals surface area contributed by atoms with E-state index in [9.17, 15) is 9.18 Å². The summed E-state index contributed by atoms with van der Waals surface area (Å²) in [5.41, 5.74) is 5.20. The molecule has 0 radical (unpaired) electrons. The lowest BCUT2D eigenvalue weighted by Gasteiger charge is -2.14. The molecule has 174 valence electrons. The van der Waals surface area contributed by atoms with Gasteiger partial charge in [0, 0.05) is 46.4 Å². The first-order valence-electron chi connectivity index (χ1n) is 11.0. The van der Waals surface area contributed by atoms with Crippen molar-refractivity contribution in [2.45, 2.75) is 19.3 Å². The van der Waals surface area contributed by atoms with Gasteiger partial charge in [0.25, 0.3) is 5.91 Å². The molecule has 2 aromatic heterocycles. The molecule has 1 aliphatic heterocycles. The van der Waals surface area contributed by atoms with E-state index in [1.54, 1.807) is 24.5 Å². The molecule has 0 spiro atoms. The molecule has 1 aliphatic rings. The van der Waals surface area contributed by atoms with Crippen molar-refractivity contribution in [1.29, 1.82) is 0 Å². The highest BCUT2D eigenvalue weighted by atomic mass is 35.5. The van der Waals surface area contributed by atoms with Gasteiger partial charge in [-0.05, 0) is 59.2 Å². The number of rotatable bonds is 4. The van der Waals surface area contributed by atoms with E-state index in [4.69, 9.17) is 27.9 Å². The van der Waals surface area contributed by atoms with E-state index in [1.807, 2.05) is 36.4 Å². The molecule has 6 rings (SSSR count). The van der Waals surface area contributed by atoms with Crippen LogP contribution in [0.3, 0.4) is 0 Å². The third-order valence-corrected chi connectivity index (χ3v) is 6.83. The summed E-state index contributed by atoms with van der Waals surface area (Å²) in [5.74, 6) is -0.711. The third-order valence-electron chi connectivity index (χ3n) is 6.31. The zero-order valence-electron chi connectivity index (χ0n) is 18.2. The molecule has 0 saturated heterocycles. The Morgan fingerprint density at radius 2 is 2.03 bits per heavy atom. The number of amides is 1. The number of aromatic nitrogens is 2. The van der Waals surface area contributed by atoms with Gasteiger partial charge in [-0.1, -0.05) is 35.3 Å². The summed E-state index contributed by atoms with van der Waals surface area (Å²) in [4.78, 5) is 20.2. The second kappa shape index (κ2) is 8.64. The molecule has 0 aliphatic carbocycles. The number of ether oxygens (including phenoxy) is 1. The summed E-state index contributed by atoms with van der Waals surface area (Å²) < 4.78 is 20.6. The van der Waals surface area contributed by atoms with Crippen molar-refractivity contribution in [2.24, 2.45) is 0 Å². The van der Waals surface area contributed by atoms with Crippen LogP contribution < -0.4 is 5.32 Å². The fourth-order valence-corrected chi connectivity index (χ4v) is 4.88. The zero-order valence-corrected chi connectivity index (χ0v) is 19.8. The normalized spacial score (nSPS) is 15.0. The molecule has 0 saturated carbocycles. The van der Waals surface area contributed by atoms with Crippen molar-refractivity contribution >= 4 is 50.9 Å². The molecule has 5 nitrogen and oxygen atoms in total. The fraction of sp³-hybridized carbons (Fsp3) is 0.111. The second-order valence-corrected chi connectivity index (χ2v) is 9.36. The van der Waals surface area contributed by atoms with Crippen molar-refractivity contribution in [3.63, 3.8) is 0 Å². The van der Waals surface area contributed by atoms with E-state index < -0.39 is 5.82 Å². The summed E-state index contributed by atoms with van der Waals surface area (Å²) in [6, 6.07) is 16.3. The number of carbonyl (C=O) groups excluding carboxylic acids is 1. The van der Waals surface area contributed by atoms with Crippen molar-refractivity contribution in [3.05, 3.63) is 111 Å². The molecule has 1 atom stereocenters. The predicted molar refractivity (Wildman–Crippen MR) is 134 cm³/mol. The zero-order chi connectivity index (χ0) is 24.1. The van der Waals surface area contributed by atoms with Gasteiger partial charge in [0.2, 0.25) is 0 Å². The van der Waals surface area contributed by atoms with Crippen molar-refractivity contribution in [1.82, 2.24) is 15.3 Å². The highest BCUT2D eigenvalue weighted by Crippen LogP contribution is 2.37. The highest BCUT2D eigenvalue weighted by molar-refractivity contribution is 6.35. The van der Waals surface area contributed by atoms with E-state index >= 15 is 0 Å². The number of carbonyl (C=O) groups is 1. The number of benzene rings is 3. The molecule has 3 aromatic carbocycles. The Bertz CT molecular complexity index is 1630. The summed E-state index contributed by atoms with van der Waals surface area (Å²) in [6.45, 7) is 0.494. The highest BCUT2D eigenvalue weighted by Gasteiger charge is 2.26. The van der Waals surface area contributed by atoms with Gasteiger partial charge in [-0.15, -0.1) is 0 Å². The first-order chi connectivity index (χ1) is 17.0. The Balaban J connectivity index is 1.25. The minimum atomic E-state index is -0.412. The Kier molecular flexibility index (Phi) is 5.44. The molecule has 0 bridgehead atoms. The Morgan fingerprint density at radius 1 is 1.14 bits per heavy atom. The summed E-state index contributed by atoms with van der Waals surface area (Å²) in [6.07, 6.45) is 2.92. The van der Waals surface area contributed by atoms with Crippen LogP contribution in [0.2, 0.25) is 10.0 Å². The number of nitrogens with zero attached hydrogens (tertiary/aromatic N) is 1. The van der Waals surface area contributed by atoms with Gasteiger partial charge >= 0.3 is 0 Å². The first-order valence-corrected chi connectivity index (χ1v) is 11.7. The first kappa shape index (κ1) is 22.0. The number of fused-ring (bicyclic) bond motifs is 3. The number of pyridine rings is 1. The van der Waals surface area contributed by atoms with Crippen LogP contribution in [0.4, 0.5) is 4.39 Å². The molecule has 1 unspecified atom stereocenters. The molecule has 0 fully saturated rings. The van der Waals surface area contributed by atoms with E-state index in [0.717, 1.165) is 27.6 Å². The van der Waals surface area contributed by atoms with Gasteiger partial charge in [-0.2, -0.15) is 0 Å². The number of aromatic amines is 1. The topological polar surface area (TPSA) is 67.0 Å². The predicted octanol–water partition coefficient (Wildman–Crippen LogP) is 6.71. The molecule has 1 amide bonds. The van der Waals surface area contributed by atoms with Gasteiger partial charge in [0.1, 0.15) is 11.9 Å². The Hall–Kier alpha value is -3.45. The lowest BCUT2D eigenvalue weighted by molar-refractivity contribution is 0.0936. The van der Waals surface area contributed by atoms with Crippen molar-refractivity contribution in [3.8, 4) is 0 Å². The van der Waals surface area contributed by atoms with Crippen LogP contribution in [-0.2, 0) is 17.9 Å². The van der Waals surface area contributed by atoms with E-state index in [1.165, 1.54) is 6.07 Å². The SMILES string of the molecule is O=C(NCc1cc2c(Cl)c[nH]c2cc1F)c1ccc2c(c1)C(c1ccc3ncc(Cl)cc3c1)OC2. The largest absolute Gasteiger partial charge is 0.364 e. The fourth-order valence-electron chi connectivity index (χ4n) is 4.50. The van der Waals surface area contributed by atoms with Crippen molar-refractivity contribution < 1.29 is 13.9 Å². The number of hydrogen-bond donors (Lipinski definition) is 2. The lowest BCUT2D eigenvalue weighted by atomic mass is 9.96. The molecule has 3 heterocycles. The molecule has 35 heavy (non-hydrogen) atoms. The maximum absolute atomic E-state index is 14.5. The van der Waals surface area contributed by atoms with Gasteiger partial charge in [0.15, 0.2) is 0 Å². The minimum absolute atomic E-state index is 0.0392. The van der Waals surface area contributed by atoms with Crippen molar-refractivity contribution in [2.75, 3.05) is 0 Å². The van der Waals surface area contributed by atoms with Gasteiger partial charge in [-0.25, -0.2) is 4.39 Å². The monoisotopic (exact) mass is 505 g/mol.